The molecule has 0 bridgehead atoms. The fourth-order valence-electron chi connectivity index (χ4n) is 2.36. The van der Waals surface area contributed by atoms with E-state index < -0.39 is 12.5 Å². The predicted octanol–water partition coefficient (Wildman–Crippen LogP) is 3.08. The summed E-state index contributed by atoms with van der Waals surface area (Å²) in [7, 11) is 0. The van der Waals surface area contributed by atoms with Crippen LogP contribution in [-0.4, -0.2) is 20.6 Å². The number of rotatable bonds is 5. The highest BCUT2D eigenvalue weighted by atomic mass is 32.2. The van der Waals surface area contributed by atoms with Crippen molar-refractivity contribution in [1.29, 1.82) is 0 Å². The fraction of sp³-hybridized carbons (Fsp3) is 0.167. The fourth-order valence-corrected chi connectivity index (χ4v) is 3.32. The standard InChI is InChI=1S/C18H16N2O3S/c1-12-6-8-13(9-7-12)11-24-18-19-15-5-3-2-4-14(15)17(23)20(18)10-16(21)22/h2-9H,10-11H2,1H3,(H,21,22). The zero-order valence-electron chi connectivity index (χ0n) is 13.1. The second-order valence-corrected chi connectivity index (χ2v) is 6.41. The third-order valence-corrected chi connectivity index (χ3v) is 4.66. The minimum absolute atomic E-state index is 0.325. The Labute approximate surface area is 143 Å². The summed E-state index contributed by atoms with van der Waals surface area (Å²) < 4.78 is 1.23. The highest BCUT2D eigenvalue weighted by molar-refractivity contribution is 7.98. The predicted molar refractivity (Wildman–Crippen MR) is 94.4 cm³/mol. The zero-order chi connectivity index (χ0) is 17.1. The molecular formula is C18H16N2O3S. The maximum absolute atomic E-state index is 12.6. The molecule has 0 unspecified atom stereocenters. The maximum Gasteiger partial charge on any atom is 0.323 e. The van der Waals surface area contributed by atoms with Gasteiger partial charge in [-0.05, 0) is 24.6 Å². The van der Waals surface area contributed by atoms with Gasteiger partial charge in [-0.3, -0.25) is 14.2 Å². The summed E-state index contributed by atoms with van der Waals surface area (Å²) in [5.74, 6) is -0.448. The van der Waals surface area contributed by atoms with Crippen molar-refractivity contribution in [3.63, 3.8) is 0 Å². The molecule has 1 heterocycles. The molecule has 0 aliphatic carbocycles. The lowest BCUT2D eigenvalue weighted by Gasteiger charge is -2.11. The van der Waals surface area contributed by atoms with Crippen molar-refractivity contribution < 1.29 is 9.90 Å². The molecule has 2 aromatic carbocycles. The molecule has 3 aromatic rings. The first-order valence-corrected chi connectivity index (χ1v) is 8.43. The number of benzene rings is 2. The van der Waals surface area contributed by atoms with Gasteiger partial charge in [-0.1, -0.05) is 53.7 Å². The van der Waals surface area contributed by atoms with E-state index in [1.54, 1.807) is 18.2 Å². The van der Waals surface area contributed by atoms with Gasteiger partial charge in [-0.25, -0.2) is 4.98 Å². The summed E-state index contributed by atoms with van der Waals surface area (Å²) in [6.07, 6.45) is 0. The molecule has 5 nitrogen and oxygen atoms in total. The van der Waals surface area contributed by atoms with Gasteiger partial charge in [0.25, 0.3) is 5.56 Å². The van der Waals surface area contributed by atoms with Crippen LogP contribution in [0, 0.1) is 6.92 Å². The second kappa shape index (κ2) is 6.88. The number of hydrogen-bond donors (Lipinski definition) is 1. The lowest BCUT2D eigenvalue weighted by molar-refractivity contribution is -0.137. The lowest BCUT2D eigenvalue weighted by Crippen LogP contribution is -2.26. The van der Waals surface area contributed by atoms with E-state index in [1.807, 2.05) is 37.3 Å². The van der Waals surface area contributed by atoms with Crippen LogP contribution in [0.3, 0.4) is 0 Å². The van der Waals surface area contributed by atoms with Gasteiger partial charge in [0.2, 0.25) is 0 Å². The van der Waals surface area contributed by atoms with Crippen molar-refractivity contribution in [2.24, 2.45) is 0 Å². The number of carboxylic acid groups (broad SMARTS) is 1. The van der Waals surface area contributed by atoms with E-state index in [0.717, 1.165) is 5.56 Å². The minimum atomic E-state index is -1.06. The average molecular weight is 340 g/mol. The lowest BCUT2D eigenvalue weighted by atomic mass is 10.2. The summed E-state index contributed by atoms with van der Waals surface area (Å²) >= 11 is 1.37. The molecule has 24 heavy (non-hydrogen) atoms. The van der Waals surface area contributed by atoms with Gasteiger partial charge in [0.05, 0.1) is 10.9 Å². The number of carbonyl (C=O) groups is 1. The molecule has 0 atom stereocenters. The number of aryl methyl sites for hydroxylation is 1. The number of nitrogens with zero attached hydrogens (tertiary/aromatic N) is 2. The van der Waals surface area contributed by atoms with Crippen LogP contribution < -0.4 is 5.56 Å². The molecule has 0 aliphatic heterocycles. The van der Waals surface area contributed by atoms with Crippen molar-refractivity contribution in [2.75, 3.05) is 0 Å². The second-order valence-electron chi connectivity index (χ2n) is 5.47. The smallest absolute Gasteiger partial charge is 0.323 e. The highest BCUT2D eigenvalue weighted by Gasteiger charge is 2.14. The molecule has 0 fully saturated rings. The van der Waals surface area contributed by atoms with Crippen LogP contribution in [0.5, 0.6) is 0 Å². The quantitative estimate of drug-likeness (QED) is 0.571. The molecule has 0 saturated heterocycles. The van der Waals surface area contributed by atoms with Crippen LogP contribution in [0.15, 0.2) is 58.5 Å². The van der Waals surface area contributed by atoms with Crippen LogP contribution in [0.2, 0.25) is 0 Å². The molecule has 0 amide bonds. The minimum Gasteiger partial charge on any atom is -0.480 e. The van der Waals surface area contributed by atoms with E-state index in [-0.39, 0.29) is 5.56 Å². The number of aromatic nitrogens is 2. The van der Waals surface area contributed by atoms with Gasteiger partial charge in [0, 0.05) is 5.75 Å². The summed E-state index contributed by atoms with van der Waals surface area (Å²) in [5, 5.41) is 9.95. The monoisotopic (exact) mass is 340 g/mol. The SMILES string of the molecule is Cc1ccc(CSc2nc3ccccc3c(=O)n2CC(=O)O)cc1. The Morgan fingerprint density at radius 3 is 2.58 bits per heavy atom. The van der Waals surface area contributed by atoms with Gasteiger partial charge in [-0.15, -0.1) is 0 Å². The van der Waals surface area contributed by atoms with Gasteiger partial charge < -0.3 is 5.11 Å². The Bertz CT molecular complexity index is 949. The number of fused-ring (bicyclic) bond motifs is 1. The van der Waals surface area contributed by atoms with E-state index in [9.17, 15) is 9.59 Å². The average Bonchev–Trinajstić information content (AvgIpc) is 2.57. The Balaban J connectivity index is 1.99. The molecule has 0 radical (unpaired) electrons. The summed E-state index contributed by atoms with van der Waals surface area (Å²) in [6, 6.07) is 15.1. The number of aliphatic carboxylic acids is 1. The topological polar surface area (TPSA) is 72.2 Å². The van der Waals surface area contributed by atoms with Crippen LogP contribution in [0.4, 0.5) is 0 Å². The zero-order valence-corrected chi connectivity index (χ0v) is 13.9. The van der Waals surface area contributed by atoms with Crippen molar-refractivity contribution >= 4 is 28.6 Å². The Hall–Kier alpha value is -2.60. The highest BCUT2D eigenvalue weighted by Crippen LogP contribution is 2.22. The number of carboxylic acids is 1. The van der Waals surface area contributed by atoms with Crippen molar-refractivity contribution in [2.45, 2.75) is 24.4 Å². The number of para-hydroxylation sites is 1. The maximum atomic E-state index is 12.6. The summed E-state index contributed by atoms with van der Waals surface area (Å²) in [5.41, 5.74) is 2.52. The van der Waals surface area contributed by atoms with Crippen LogP contribution >= 0.6 is 11.8 Å². The van der Waals surface area contributed by atoms with Crippen molar-refractivity contribution in [3.05, 3.63) is 70.0 Å². The summed E-state index contributed by atoms with van der Waals surface area (Å²) in [4.78, 5) is 28.2. The van der Waals surface area contributed by atoms with Gasteiger partial charge in [-0.2, -0.15) is 0 Å². The number of thioether (sulfide) groups is 1. The van der Waals surface area contributed by atoms with Crippen LogP contribution in [0.25, 0.3) is 10.9 Å². The molecule has 0 aliphatic rings. The van der Waals surface area contributed by atoms with Gasteiger partial charge in [0.15, 0.2) is 5.16 Å². The van der Waals surface area contributed by atoms with Crippen molar-refractivity contribution in [1.82, 2.24) is 9.55 Å². The first-order chi connectivity index (χ1) is 11.5. The van der Waals surface area contributed by atoms with Gasteiger partial charge in [0.1, 0.15) is 6.54 Å². The Kier molecular flexibility index (Phi) is 4.66. The van der Waals surface area contributed by atoms with Crippen LogP contribution in [-0.2, 0) is 17.1 Å². The molecule has 6 heteroatoms. The molecule has 0 saturated carbocycles. The first kappa shape index (κ1) is 16.3. The molecule has 0 spiro atoms. The normalized spacial score (nSPS) is 10.9. The van der Waals surface area contributed by atoms with E-state index in [1.165, 1.54) is 21.9 Å². The molecule has 1 N–H and O–H groups in total. The molecular weight excluding hydrogens is 324 g/mol. The van der Waals surface area contributed by atoms with Gasteiger partial charge >= 0.3 is 5.97 Å². The third-order valence-electron chi connectivity index (χ3n) is 3.61. The van der Waals surface area contributed by atoms with E-state index in [0.29, 0.717) is 21.8 Å². The summed E-state index contributed by atoms with van der Waals surface area (Å²) in [6.45, 7) is 1.62. The molecule has 3 rings (SSSR count). The third kappa shape index (κ3) is 3.49. The molecule has 122 valence electrons. The Morgan fingerprint density at radius 2 is 1.88 bits per heavy atom. The van der Waals surface area contributed by atoms with Crippen LogP contribution in [0.1, 0.15) is 11.1 Å². The van der Waals surface area contributed by atoms with E-state index >= 15 is 0 Å². The Morgan fingerprint density at radius 1 is 1.17 bits per heavy atom. The van der Waals surface area contributed by atoms with Crippen molar-refractivity contribution in [3.8, 4) is 0 Å². The molecule has 1 aromatic heterocycles. The van der Waals surface area contributed by atoms with E-state index in [2.05, 4.69) is 4.98 Å². The first-order valence-electron chi connectivity index (χ1n) is 7.44. The largest absolute Gasteiger partial charge is 0.480 e. The van der Waals surface area contributed by atoms with E-state index in [4.69, 9.17) is 5.11 Å². The number of hydrogen-bond acceptors (Lipinski definition) is 4.